The molecule has 190 valence electrons. The van der Waals surface area contributed by atoms with Crippen LogP contribution in [0.15, 0.2) is 24.3 Å². The Morgan fingerprint density at radius 2 is 1.68 bits per heavy atom. The lowest BCUT2D eigenvalue weighted by atomic mass is 10.0. The number of imide groups is 1. The zero-order valence-corrected chi connectivity index (χ0v) is 21.7. The molecule has 2 unspecified atom stereocenters. The lowest BCUT2D eigenvalue weighted by Gasteiger charge is -2.37. The first-order valence-electron chi connectivity index (χ1n) is 12.8. The summed E-state index contributed by atoms with van der Waals surface area (Å²) in [5.41, 5.74) is 1.20. The summed E-state index contributed by atoms with van der Waals surface area (Å²) in [4.78, 5) is 31.6. The lowest BCUT2D eigenvalue weighted by molar-refractivity contribution is -0.139. The summed E-state index contributed by atoms with van der Waals surface area (Å²) in [6.07, 6.45) is 6.05. The third-order valence-corrected chi connectivity index (χ3v) is 7.23. The number of anilines is 1. The zero-order chi connectivity index (χ0) is 23.4. The molecule has 0 aromatic heterocycles. The number of benzene rings is 1. The van der Waals surface area contributed by atoms with Crippen LogP contribution in [0.25, 0.3) is 0 Å². The Balaban J connectivity index is 0.00000324. The van der Waals surface area contributed by atoms with Crippen LogP contribution in [0.1, 0.15) is 52.9 Å². The van der Waals surface area contributed by atoms with Crippen molar-refractivity contribution >= 4 is 29.9 Å². The highest BCUT2D eigenvalue weighted by molar-refractivity contribution is 6.06. The number of nitrogens with one attached hydrogen (secondary N) is 1. The summed E-state index contributed by atoms with van der Waals surface area (Å²) in [7, 11) is 0. The second-order valence-corrected chi connectivity index (χ2v) is 10.1. The third-order valence-electron chi connectivity index (χ3n) is 7.23. The largest absolute Gasteiger partial charge is 0.488 e. The van der Waals surface area contributed by atoms with Crippen LogP contribution in [-0.2, 0) is 9.59 Å². The smallest absolute Gasteiger partial charge is 0.247 e. The Hall–Kier alpha value is -1.83. The van der Waals surface area contributed by atoms with Crippen molar-refractivity contribution < 1.29 is 14.3 Å². The first kappa shape index (κ1) is 26.8. The number of hydrogen-bond donors (Lipinski definition) is 1. The van der Waals surface area contributed by atoms with Crippen molar-refractivity contribution in [3.63, 3.8) is 0 Å². The van der Waals surface area contributed by atoms with Gasteiger partial charge in [-0.1, -0.05) is 32.9 Å². The van der Waals surface area contributed by atoms with Crippen LogP contribution < -0.4 is 15.0 Å². The number of likely N-dealkylation sites (tertiary alicyclic amines) is 1. The van der Waals surface area contributed by atoms with E-state index in [0.29, 0.717) is 12.6 Å². The fourth-order valence-electron chi connectivity index (χ4n) is 5.34. The molecule has 2 amide bonds. The first-order chi connectivity index (χ1) is 15.9. The summed E-state index contributed by atoms with van der Waals surface area (Å²) in [6, 6.07) is 8.23. The molecular formula is C26H41ClN4O3. The zero-order valence-electron chi connectivity index (χ0n) is 20.9. The first-order valence-corrected chi connectivity index (χ1v) is 12.8. The molecule has 7 nitrogen and oxygen atoms in total. The van der Waals surface area contributed by atoms with Gasteiger partial charge in [0.1, 0.15) is 5.75 Å². The van der Waals surface area contributed by atoms with Gasteiger partial charge >= 0.3 is 0 Å². The van der Waals surface area contributed by atoms with Gasteiger partial charge in [0.15, 0.2) is 0 Å². The minimum atomic E-state index is -0.382. The Morgan fingerprint density at radius 3 is 2.35 bits per heavy atom. The van der Waals surface area contributed by atoms with E-state index >= 15 is 0 Å². The molecular weight excluding hydrogens is 452 g/mol. The van der Waals surface area contributed by atoms with E-state index in [1.165, 1.54) is 23.4 Å². The average Bonchev–Trinajstić information content (AvgIpc) is 3.39. The second kappa shape index (κ2) is 12.2. The number of rotatable bonds is 9. The van der Waals surface area contributed by atoms with E-state index in [1.807, 2.05) is 20.8 Å². The maximum absolute atomic E-state index is 12.7. The topological polar surface area (TPSA) is 65.1 Å². The van der Waals surface area contributed by atoms with Gasteiger partial charge in [-0.05, 0) is 50.8 Å². The Labute approximate surface area is 210 Å². The maximum atomic E-state index is 12.7. The van der Waals surface area contributed by atoms with E-state index < -0.39 is 0 Å². The number of amides is 2. The van der Waals surface area contributed by atoms with Crippen molar-refractivity contribution in [2.24, 2.45) is 5.92 Å². The fraction of sp³-hybridized carbons (Fsp3) is 0.692. The van der Waals surface area contributed by atoms with Crippen molar-refractivity contribution in [3.8, 4) is 5.75 Å². The molecule has 1 N–H and O–H groups in total. The van der Waals surface area contributed by atoms with Crippen molar-refractivity contribution in [1.82, 2.24) is 15.1 Å². The average molecular weight is 493 g/mol. The monoisotopic (exact) mass is 492 g/mol. The molecule has 0 bridgehead atoms. The fourth-order valence-corrected chi connectivity index (χ4v) is 5.34. The number of ether oxygens (including phenoxy) is 1. The van der Waals surface area contributed by atoms with Crippen LogP contribution >= 0.6 is 12.4 Å². The van der Waals surface area contributed by atoms with Gasteiger partial charge in [0.05, 0.1) is 23.8 Å². The Kier molecular flexibility index (Phi) is 9.63. The molecule has 34 heavy (non-hydrogen) atoms. The molecule has 0 radical (unpaired) electrons. The van der Waals surface area contributed by atoms with Crippen LogP contribution in [0.3, 0.4) is 0 Å². The number of halogens is 1. The van der Waals surface area contributed by atoms with E-state index in [-0.39, 0.29) is 42.2 Å². The van der Waals surface area contributed by atoms with Gasteiger partial charge < -0.3 is 15.0 Å². The SMILES string of the molecule is CC(C)NC1C(=O)N(CCCN2CCN(c3ccccc3OC3CCCC3)CC2)C(=O)C1C.Cl. The Bertz CT molecular complexity index is 822. The molecule has 2 atom stereocenters. The minimum absolute atomic E-state index is 0. The molecule has 1 saturated carbocycles. The molecule has 1 aromatic rings. The highest BCUT2D eigenvalue weighted by Gasteiger charge is 2.44. The highest BCUT2D eigenvalue weighted by atomic mass is 35.5. The summed E-state index contributed by atoms with van der Waals surface area (Å²) in [6.45, 7) is 11.2. The van der Waals surface area contributed by atoms with Crippen LogP contribution in [0.4, 0.5) is 5.69 Å². The summed E-state index contributed by atoms with van der Waals surface area (Å²) in [5.74, 6) is 0.629. The molecule has 0 spiro atoms. The number of piperazine rings is 1. The number of nitrogens with zero attached hydrogens (tertiary/aromatic N) is 3. The van der Waals surface area contributed by atoms with Gasteiger partial charge in [0.2, 0.25) is 11.8 Å². The van der Waals surface area contributed by atoms with Crippen LogP contribution in [0.5, 0.6) is 5.75 Å². The number of carbonyl (C=O) groups is 2. The van der Waals surface area contributed by atoms with Gasteiger partial charge in [-0.3, -0.25) is 19.4 Å². The van der Waals surface area contributed by atoms with Gasteiger partial charge in [-0.15, -0.1) is 12.4 Å². The van der Waals surface area contributed by atoms with E-state index in [4.69, 9.17) is 4.74 Å². The maximum Gasteiger partial charge on any atom is 0.247 e. The predicted molar refractivity (Wildman–Crippen MR) is 138 cm³/mol. The minimum Gasteiger partial charge on any atom is -0.488 e. The van der Waals surface area contributed by atoms with Crippen LogP contribution in [0, 0.1) is 5.92 Å². The summed E-state index contributed by atoms with van der Waals surface area (Å²) in [5, 5.41) is 3.25. The molecule has 1 aliphatic carbocycles. The summed E-state index contributed by atoms with van der Waals surface area (Å²) >= 11 is 0. The van der Waals surface area contributed by atoms with E-state index in [9.17, 15) is 9.59 Å². The number of carbonyl (C=O) groups excluding carboxylic acids is 2. The number of para-hydroxylation sites is 2. The normalized spacial score (nSPS) is 24.2. The lowest BCUT2D eigenvalue weighted by Crippen LogP contribution is -2.47. The van der Waals surface area contributed by atoms with E-state index in [2.05, 4.69) is 39.4 Å². The molecule has 4 rings (SSSR count). The van der Waals surface area contributed by atoms with E-state index in [0.717, 1.165) is 57.7 Å². The van der Waals surface area contributed by atoms with Gasteiger partial charge in [-0.2, -0.15) is 0 Å². The van der Waals surface area contributed by atoms with Crippen molar-refractivity contribution in [3.05, 3.63) is 24.3 Å². The molecule has 3 aliphatic rings. The standard InChI is InChI=1S/C26H40N4O3.ClH/c1-19(2)27-24-20(3)25(31)30(26(24)32)14-8-13-28-15-17-29(18-16-28)22-11-6-7-12-23(22)33-21-9-4-5-10-21;/h6-7,11-12,19-21,24,27H,4-5,8-10,13-18H2,1-3H3;1H. The third kappa shape index (κ3) is 6.23. The molecule has 1 aromatic carbocycles. The Morgan fingerprint density at radius 1 is 1.00 bits per heavy atom. The molecule has 8 heteroatoms. The van der Waals surface area contributed by atoms with Crippen molar-refractivity contribution in [2.45, 2.75) is 71.1 Å². The molecule has 2 aliphatic heterocycles. The van der Waals surface area contributed by atoms with Gasteiger partial charge in [0.25, 0.3) is 0 Å². The molecule has 3 fully saturated rings. The molecule has 2 heterocycles. The van der Waals surface area contributed by atoms with Gasteiger partial charge in [-0.25, -0.2) is 0 Å². The quantitative estimate of drug-likeness (QED) is 0.533. The van der Waals surface area contributed by atoms with Crippen molar-refractivity contribution in [2.75, 3.05) is 44.2 Å². The van der Waals surface area contributed by atoms with Gasteiger partial charge in [0, 0.05) is 38.8 Å². The number of hydrogen-bond acceptors (Lipinski definition) is 6. The van der Waals surface area contributed by atoms with Crippen LogP contribution in [0.2, 0.25) is 0 Å². The van der Waals surface area contributed by atoms with Crippen molar-refractivity contribution in [1.29, 1.82) is 0 Å². The predicted octanol–water partition coefficient (Wildman–Crippen LogP) is 3.31. The molecule has 2 saturated heterocycles. The second-order valence-electron chi connectivity index (χ2n) is 10.1. The summed E-state index contributed by atoms with van der Waals surface area (Å²) < 4.78 is 6.34. The van der Waals surface area contributed by atoms with Crippen LogP contribution in [-0.4, -0.2) is 79.1 Å². The highest BCUT2D eigenvalue weighted by Crippen LogP contribution is 2.32. The van der Waals surface area contributed by atoms with E-state index in [1.54, 1.807) is 0 Å².